The summed E-state index contributed by atoms with van der Waals surface area (Å²) in [7, 11) is 0. The highest BCUT2D eigenvalue weighted by atomic mass is 19.4. The summed E-state index contributed by atoms with van der Waals surface area (Å²) in [5, 5.41) is 6.82. The van der Waals surface area contributed by atoms with Crippen molar-refractivity contribution in [2.24, 2.45) is 0 Å². The van der Waals surface area contributed by atoms with E-state index in [-0.39, 0.29) is 36.9 Å². The van der Waals surface area contributed by atoms with Crippen molar-refractivity contribution < 1.29 is 22.8 Å². The van der Waals surface area contributed by atoms with Gasteiger partial charge < -0.3 is 10.2 Å². The second kappa shape index (κ2) is 10.2. The van der Waals surface area contributed by atoms with Crippen molar-refractivity contribution in [2.75, 3.05) is 39.3 Å². The van der Waals surface area contributed by atoms with Gasteiger partial charge in [0.2, 0.25) is 11.3 Å². The van der Waals surface area contributed by atoms with Gasteiger partial charge in [-0.3, -0.25) is 19.3 Å². The standard InChI is InChI=1S/C22H26F3N5O3/c1-3-8-26-19(32)14-28-9-11-29(12-10-28)21(33)20-18(31)13-15(2)30(27-20)17-7-5-4-6-16(17)22(23,24)25/h4-7,13H,3,8-12,14H2,1-2H3,(H,26,32). The van der Waals surface area contributed by atoms with Crippen molar-refractivity contribution in [3.05, 3.63) is 57.5 Å². The molecular formula is C22H26F3N5O3. The van der Waals surface area contributed by atoms with Crippen LogP contribution in [0.2, 0.25) is 0 Å². The topological polar surface area (TPSA) is 87.5 Å². The summed E-state index contributed by atoms with van der Waals surface area (Å²) in [5.74, 6) is -0.739. The monoisotopic (exact) mass is 465 g/mol. The Morgan fingerprint density at radius 2 is 1.79 bits per heavy atom. The zero-order valence-corrected chi connectivity index (χ0v) is 18.5. The summed E-state index contributed by atoms with van der Waals surface area (Å²) < 4.78 is 41.4. The number of aryl methyl sites for hydroxylation is 1. The number of halogens is 3. The fourth-order valence-corrected chi connectivity index (χ4v) is 3.62. The number of aromatic nitrogens is 2. The molecule has 3 rings (SSSR count). The molecule has 8 nitrogen and oxygen atoms in total. The Hall–Kier alpha value is -3.21. The maximum atomic E-state index is 13.5. The minimum Gasteiger partial charge on any atom is -0.355 e. The lowest BCUT2D eigenvalue weighted by atomic mass is 10.1. The first-order valence-electron chi connectivity index (χ1n) is 10.7. The Morgan fingerprint density at radius 1 is 1.12 bits per heavy atom. The molecule has 0 radical (unpaired) electrons. The van der Waals surface area contributed by atoms with Crippen LogP contribution in [0.1, 0.15) is 35.1 Å². The average Bonchev–Trinajstić information content (AvgIpc) is 2.77. The second-order valence-electron chi connectivity index (χ2n) is 7.84. The predicted molar refractivity (Wildman–Crippen MR) is 115 cm³/mol. The molecule has 1 aliphatic heterocycles. The van der Waals surface area contributed by atoms with E-state index in [0.29, 0.717) is 19.6 Å². The van der Waals surface area contributed by atoms with E-state index < -0.39 is 28.8 Å². The van der Waals surface area contributed by atoms with Gasteiger partial charge in [-0.2, -0.15) is 18.3 Å². The van der Waals surface area contributed by atoms with Gasteiger partial charge in [-0.05, 0) is 25.5 Å². The summed E-state index contributed by atoms with van der Waals surface area (Å²) in [5.41, 5.74) is -2.10. The molecule has 1 aromatic carbocycles. The highest BCUT2D eigenvalue weighted by molar-refractivity contribution is 5.92. The Labute approximate surface area is 189 Å². The molecule has 2 amide bonds. The number of alkyl halides is 3. The van der Waals surface area contributed by atoms with Crippen molar-refractivity contribution in [1.82, 2.24) is 24.9 Å². The van der Waals surface area contributed by atoms with E-state index in [1.54, 1.807) is 0 Å². The van der Waals surface area contributed by atoms with E-state index in [2.05, 4.69) is 10.4 Å². The van der Waals surface area contributed by atoms with Crippen molar-refractivity contribution in [2.45, 2.75) is 26.4 Å². The van der Waals surface area contributed by atoms with Crippen LogP contribution in [0.25, 0.3) is 5.69 Å². The molecule has 0 bridgehead atoms. The summed E-state index contributed by atoms with van der Waals surface area (Å²) >= 11 is 0. The number of amides is 2. The smallest absolute Gasteiger partial charge is 0.355 e. The summed E-state index contributed by atoms with van der Waals surface area (Å²) in [6.07, 6.45) is -3.79. The lowest BCUT2D eigenvalue weighted by Crippen LogP contribution is -2.52. The number of carbonyl (C=O) groups excluding carboxylic acids is 2. The Morgan fingerprint density at radius 3 is 2.42 bits per heavy atom. The highest BCUT2D eigenvalue weighted by Gasteiger charge is 2.34. The fourth-order valence-electron chi connectivity index (χ4n) is 3.62. The number of hydrogen-bond donors (Lipinski definition) is 1. The SMILES string of the molecule is CCCNC(=O)CN1CCN(C(=O)c2nn(-c3ccccc3C(F)(F)F)c(C)cc2=O)CC1. The van der Waals surface area contributed by atoms with Crippen LogP contribution in [0.5, 0.6) is 0 Å². The van der Waals surface area contributed by atoms with E-state index in [9.17, 15) is 27.6 Å². The maximum absolute atomic E-state index is 13.5. The van der Waals surface area contributed by atoms with E-state index in [0.717, 1.165) is 23.2 Å². The molecule has 1 fully saturated rings. The van der Waals surface area contributed by atoms with E-state index in [1.165, 1.54) is 30.0 Å². The number of nitrogens with zero attached hydrogens (tertiary/aromatic N) is 4. The minimum absolute atomic E-state index is 0.0944. The molecule has 2 heterocycles. The minimum atomic E-state index is -4.63. The van der Waals surface area contributed by atoms with Gasteiger partial charge in [0, 0.05) is 44.5 Å². The normalized spacial score (nSPS) is 14.9. The fraction of sp³-hybridized carbons (Fsp3) is 0.455. The third-order valence-corrected chi connectivity index (χ3v) is 5.35. The maximum Gasteiger partial charge on any atom is 0.418 e. The summed E-state index contributed by atoms with van der Waals surface area (Å²) in [4.78, 5) is 40.7. The molecule has 1 aromatic heterocycles. The van der Waals surface area contributed by atoms with Crippen LogP contribution in [0.4, 0.5) is 13.2 Å². The summed E-state index contributed by atoms with van der Waals surface area (Å²) in [6.45, 7) is 5.64. The number of rotatable bonds is 6. The molecule has 0 spiro atoms. The van der Waals surface area contributed by atoms with Gasteiger partial charge in [-0.15, -0.1) is 0 Å². The lowest BCUT2D eigenvalue weighted by Gasteiger charge is -2.34. The van der Waals surface area contributed by atoms with Crippen molar-refractivity contribution in [1.29, 1.82) is 0 Å². The Kier molecular flexibility index (Phi) is 7.52. The zero-order chi connectivity index (χ0) is 24.2. The zero-order valence-electron chi connectivity index (χ0n) is 18.5. The first-order valence-corrected chi connectivity index (χ1v) is 10.7. The largest absolute Gasteiger partial charge is 0.418 e. The van der Waals surface area contributed by atoms with Gasteiger partial charge in [0.05, 0.1) is 17.8 Å². The summed E-state index contributed by atoms with van der Waals surface area (Å²) in [6, 6.07) is 5.97. The third kappa shape index (κ3) is 5.78. The van der Waals surface area contributed by atoms with E-state index in [1.807, 2.05) is 11.8 Å². The van der Waals surface area contributed by atoms with Gasteiger partial charge in [-0.1, -0.05) is 19.1 Å². The molecule has 0 unspecified atom stereocenters. The molecule has 2 aromatic rings. The Bertz CT molecular complexity index is 1080. The molecule has 33 heavy (non-hydrogen) atoms. The van der Waals surface area contributed by atoms with Crippen molar-refractivity contribution >= 4 is 11.8 Å². The van der Waals surface area contributed by atoms with Gasteiger partial charge in [0.1, 0.15) is 0 Å². The molecule has 1 N–H and O–H groups in total. The van der Waals surface area contributed by atoms with Crippen LogP contribution in [0.15, 0.2) is 35.1 Å². The third-order valence-electron chi connectivity index (χ3n) is 5.35. The van der Waals surface area contributed by atoms with Crippen LogP contribution in [-0.4, -0.2) is 70.7 Å². The number of piperazine rings is 1. The number of carbonyl (C=O) groups is 2. The van der Waals surface area contributed by atoms with Crippen LogP contribution in [0.3, 0.4) is 0 Å². The number of nitrogens with one attached hydrogen (secondary N) is 1. The lowest BCUT2D eigenvalue weighted by molar-refractivity contribution is -0.137. The van der Waals surface area contributed by atoms with Crippen LogP contribution in [0, 0.1) is 6.92 Å². The van der Waals surface area contributed by atoms with Gasteiger partial charge in [0.15, 0.2) is 5.69 Å². The number of benzene rings is 1. The average molecular weight is 465 g/mol. The predicted octanol–water partition coefficient (Wildman–Crippen LogP) is 1.84. The van der Waals surface area contributed by atoms with Crippen LogP contribution >= 0.6 is 0 Å². The number of para-hydroxylation sites is 1. The molecular weight excluding hydrogens is 439 g/mol. The number of hydrogen-bond acceptors (Lipinski definition) is 5. The first-order chi connectivity index (χ1) is 15.6. The van der Waals surface area contributed by atoms with Gasteiger partial charge in [0.25, 0.3) is 5.91 Å². The Balaban J connectivity index is 1.80. The second-order valence-corrected chi connectivity index (χ2v) is 7.84. The molecule has 11 heteroatoms. The molecule has 1 aliphatic rings. The van der Waals surface area contributed by atoms with E-state index >= 15 is 0 Å². The van der Waals surface area contributed by atoms with Gasteiger partial charge >= 0.3 is 6.18 Å². The van der Waals surface area contributed by atoms with Crippen LogP contribution < -0.4 is 10.7 Å². The molecule has 178 valence electrons. The van der Waals surface area contributed by atoms with Crippen LogP contribution in [-0.2, 0) is 11.0 Å². The molecule has 1 saturated heterocycles. The quantitative estimate of drug-likeness (QED) is 0.704. The van der Waals surface area contributed by atoms with Gasteiger partial charge in [-0.25, -0.2) is 4.68 Å². The van der Waals surface area contributed by atoms with Crippen molar-refractivity contribution in [3.63, 3.8) is 0 Å². The van der Waals surface area contributed by atoms with E-state index in [4.69, 9.17) is 0 Å². The molecule has 0 atom stereocenters. The molecule has 0 aliphatic carbocycles. The highest BCUT2D eigenvalue weighted by Crippen LogP contribution is 2.33. The molecule has 0 saturated carbocycles. The van der Waals surface area contributed by atoms with Crippen molar-refractivity contribution in [3.8, 4) is 5.69 Å². The first kappa shape index (κ1) is 24.4.